The Kier molecular flexibility index (Phi) is 4.77. The molecule has 3 aromatic carbocycles. The first-order valence-corrected chi connectivity index (χ1v) is 10.6. The molecular weight excluding hydrogens is 368 g/mol. The highest BCUT2D eigenvalue weighted by molar-refractivity contribution is 5.88. The normalized spacial score (nSPS) is 12.6. The van der Waals surface area contributed by atoms with Gasteiger partial charge in [-0.15, -0.1) is 0 Å². The Morgan fingerprint density at radius 1 is 0.800 bits per heavy atom. The van der Waals surface area contributed by atoms with Crippen LogP contribution in [0.2, 0.25) is 0 Å². The van der Waals surface area contributed by atoms with Gasteiger partial charge in [-0.1, -0.05) is 38.6 Å². The predicted octanol–water partition coefficient (Wildman–Crippen LogP) is 5.82. The maximum atomic E-state index is 10.6. The maximum Gasteiger partial charge on any atom is 0.141 e. The lowest BCUT2D eigenvalue weighted by molar-refractivity contribution is 0.438. The lowest BCUT2D eigenvalue weighted by atomic mass is 9.85. The van der Waals surface area contributed by atoms with E-state index in [0.717, 1.165) is 55.3 Å². The van der Waals surface area contributed by atoms with Crippen LogP contribution in [-0.4, -0.2) is 5.11 Å². The summed E-state index contributed by atoms with van der Waals surface area (Å²) in [7, 11) is 0. The molecule has 3 aromatic rings. The van der Waals surface area contributed by atoms with Crippen molar-refractivity contribution in [3.8, 4) is 17.2 Å². The molecule has 154 valence electrons. The summed E-state index contributed by atoms with van der Waals surface area (Å²) in [6.45, 7) is 18.9. The van der Waals surface area contributed by atoms with Gasteiger partial charge in [-0.05, 0) is 91.3 Å². The van der Waals surface area contributed by atoms with E-state index in [1.54, 1.807) is 0 Å². The van der Waals surface area contributed by atoms with Gasteiger partial charge >= 0.3 is 0 Å². The number of hydrogen-bond donors (Lipinski definition) is 1. The summed E-state index contributed by atoms with van der Waals surface area (Å²) in [5, 5.41) is 12.7. The molecule has 0 aromatic heterocycles. The molecule has 0 spiro atoms. The average Bonchev–Trinajstić information content (AvgIpc) is 2.70. The van der Waals surface area contributed by atoms with Crippen molar-refractivity contribution < 1.29 is 9.84 Å². The molecule has 0 radical (unpaired) electrons. The number of phenols is 1. The van der Waals surface area contributed by atoms with Crippen molar-refractivity contribution in [2.45, 2.75) is 54.4 Å². The van der Waals surface area contributed by atoms with Crippen LogP contribution in [0.25, 0.3) is 12.2 Å². The van der Waals surface area contributed by atoms with Crippen molar-refractivity contribution in [2.75, 3.05) is 0 Å². The van der Waals surface area contributed by atoms with E-state index in [4.69, 9.17) is 4.74 Å². The Morgan fingerprint density at radius 2 is 1.50 bits per heavy atom. The number of ether oxygens (including phenoxy) is 1. The van der Waals surface area contributed by atoms with Gasteiger partial charge in [-0.2, -0.15) is 0 Å². The van der Waals surface area contributed by atoms with Gasteiger partial charge in [-0.25, -0.2) is 0 Å². The minimum absolute atomic E-state index is 0.294. The Morgan fingerprint density at radius 3 is 2.13 bits per heavy atom. The summed E-state index contributed by atoms with van der Waals surface area (Å²) in [6.07, 6.45) is 0. The fourth-order valence-corrected chi connectivity index (χ4v) is 4.46. The molecule has 2 nitrogen and oxygen atoms in total. The third kappa shape index (κ3) is 2.94. The average molecular weight is 399 g/mol. The van der Waals surface area contributed by atoms with Gasteiger partial charge in [0.15, 0.2) is 0 Å². The topological polar surface area (TPSA) is 29.5 Å². The van der Waals surface area contributed by atoms with E-state index < -0.39 is 0 Å². The van der Waals surface area contributed by atoms with Gasteiger partial charge in [-0.3, -0.25) is 0 Å². The van der Waals surface area contributed by atoms with Crippen molar-refractivity contribution in [3.63, 3.8) is 0 Å². The van der Waals surface area contributed by atoms with Crippen LogP contribution in [-0.2, 0) is 0 Å². The first kappa shape index (κ1) is 20.3. The minimum atomic E-state index is 0.294. The van der Waals surface area contributed by atoms with Crippen molar-refractivity contribution in [2.24, 2.45) is 0 Å². The Hall–Kier alpha value is -3.00. The van der Waals surface area contributed by atoms with Crippen LogP contribution in [0.15, 0.2) is 30.3 Å². The second-order valence-electron chi connectivity index (χ2n) is 8.92. The molecule has 30 heavy (non-hydrogen) atoms. The smallest absolute Gasteiger partial charge is 0.141 e. The SMILES string of the molecule is C=c1c(C)cc2c(c1C)Oc1c(cc(C)c(O)c1C)C=2c1ccc(C(C)C)cc1C. The van der Waals surface area contributed by atoms with Gasteiger partial charge in [0.1, 0.15) is 17.2 Å². The molecule has 0 aliphatic carbocycles. The van der Waals surface area contributed by atoms with E-state index in [9.17, 15) is 5.11 Å². The molecular formula is C28H30O2. The van der Waals surface area contributed by atoms with Crippen molar-refractivity contribution in [1.82, 2.24) is 0 Å². The zero-order valence-electron chi connectivity index (χ0n) is 19.0. The van der Waals surface area contributed by atoms with Gasteiger partial charge in [0.2, 0.25) is 0 Å². The zero-order chi connectivity index (χ0) is 21.9. The van der Waals surface area contributed by atoms with Crippen LogP contribution in [0.4, 0.5) is 0 Å². The highest BCUT2D eigenvalue weighted by Crippen LogP contribution is 2.44. The number of fused-ring (bicyclic) bond motifs is 2. The molecule has 2 heteroatoms. The molecule has 0 bridgehead atoms. The van der Waals surface area contributed by atoms with Crippen LogP contribution in [0.3, 0.4) is 0 Å². The molecule has 0 fully saturated rings. The van der Waals surface area contributed by atoms with E-state index in [-0.39, 0.29) is 0 Å². The summed E-state index contributed by atoms with van der Waals surface area (Å²) in [5.74, 6) is 2.35. The predicted molar refractivity (Wildman–Crippen MR) is 125 cm³/mol. The summed E-state index contributed by atoms with van der Waals surface area (Å²) in [4.78, 5) is 0. The monoisotopic (exact) mass is 398 g/mol. The van der Waals surface area contributed by atoms with Crippen molar-refractivity contribution >= 4 is 12.2 Å². The zero-order valence-corrected chi connectivity index (χ0v) is 19.0. The number of aryl methyl sites for hydroxylation is 3. The minimum Gasteiger partial charge on any atom is -0.507 e. The number of hydrogen-bond acceptors (Lipinski definition) is 2. The van der Waals surface area contributed by atoms with E-state index in [2.05, 4.69) is 71.5 Å². The highest BCUT2D eigenvalue weighted by Gasteiger charge is 2.26. The number of phenolic OH excluding ortho intramolecular Hbond substituents is 1. The second kappa shape index (κ2) is 7.05. The fourth-order valence-electron chi connectivity index (χ4n) is 4.46. The van der Waals surface area contributed by atoms with E-state index in [0.29, 0.717) is 11.7 Å². The summed E-state index contributed by atoms with van der Waals surface area (Å²) in [5.41, 5.74) is 9.80. The molecule has 0 saturated heterocycles. The van der Waals surface area contributed by atoms with Crippen LogP contribution in [0.5, 0.6) is 17.2 Å². The van der Waals surface area contributed by atoms with Gasteiger partial charge < -0.3 is 9.84 Å². The molecule has 0 saturated carbocycles. The summed E-state index contributed by atoms with van der Waals surface area (Å²) in [6, 6.07) is 11.0. The fraction of sp³-hybridized carbons (Fsp3) is 0.286. The number of aromatic hydroxyl groups is 1. The molecule has 1 heterocycles. The van der Waals surface area contributed by atoms with Crippen LogP contribution >= 0.6 is 0 Å². The molecule has 0 amide bonds. The molecule has 0 atom stereocenters. The van der Waals surface area contributed by atoms with Gasteiger partial charge in [0.05, 0.1) is 0 Å². The molecule has 1 N–H and O–H groups in total. The molecule has 1 aliphatic rings. The van der Waals surface area contributed by atoms with E-state index >= 15 is 0 Å². The first-order chi connectivity index (χ1) is 14.1. The quantitative estimate of drug-likeness (QED) is 0.461. The number of rotatable bonds is 2. The lowest BCUT2D eigenvalue weighted by Crippen LogP contribution is -2.25. The second-order valence-corrected chi connectivity index (χ2v) is 8.92. The van der Waals surface area contributed by atoms with Crippen LogP contribution in [0, 0.1) is 34.6 Å². The molecule has 1 aliphatic heterocycles. The van der Waals surface area contributed by atoms with Crippen molar-refractivity contribution in [1.29, 1.82) is 0 Å². The van der Waals surface area contributed by atoms with Gasteiger partial charge in [0.25, 0.3) is 0 Å². The summed E-state index contributed by atoms with van der Waals surface area (Å²) >= 11 is 0. The van der Waals surface area contributed by atoms with E-state index in [1.165, 1.54) is 16.7 Å². The van der Waals surface area contributed by atoms with E-state index in [1.807, 2.05) is 13.8 Å². The third-order valence-corrected chi connectivity index (χ3v) is 6.48. The summed E-state index contributed by atoms with van der Waals surface area (Å²) < 4.78 is 6.44. The Labute approximate surface area is 179 Å². The number of benzene rings is 3. The maximum absolute atomic E-state index is 10.6. The van der Waals surface area contributed by atoms with Crippen LogP contribution in [0.1, 0.15) is 64.3 Å². The Balaban J connectivity index is 2.19. The first-order valence-electron chi connectivity index (χ1n) is 10.6. The molecule has 0 unspecified atom stereocenters. The molecule has 4 rings (SSSR count). The van der Waals surface area contributed by atoms with Gasteiger partial charge in [0, 0.05) is 21.9 Å². The Bertz CT molecular complexity index is 1310. The standard InChI is InChI=1S/C28H30O2/c1-14(2)21-9-10-22(16(4)11-21)25-23-12-15(3)18(6)19(7)27(23)30-28-20(8)26(29)17(5)13-24(25)28/h9-14,29H,6H2,1-5,7-8H3. The van der Waals surface area contributed by atoms with Crippen LogP contribution < -0.4 is 15.2 Å². The van der Waals surface area contributed by atoms with Crippen molar-refractivity contribution in [3.05, 3.63) is 85.3 Å². The largest absolute Gasteiger partial charge is 0.507 e. The lowest BCUT2D eigenvalue weighted by Gasteiger charge is -2.26. The highest BCUT2D eigenvalue weighted by atomic mass is 16.5. The third-order valence-electron chi connectivity index (χ3n) is 6.48.